The van der Waals surface area contributed by atoms with E-state index in [0.29, 0.717) is 0 Å². The van der Waals surface area contributed by atoms with Crippen molar-refractivity contribution >= 4 is 5.69 Å². The molecule has 3 nitrogen and oxygen atoms in total. The summed E-state index contributed by atoms with van der Waals surface area (Å²) >= 11 is 0. The van der Waals surface area contributed by atoms with Crippen molar-refractivity contribution in [2.45, 2.75) is 19.9 Å². The van der Waals surface area contributed by atoms with Crippen LogP contribution in [0.3, 0.4) is 0 Å². The van der Waals surface area contributed by atoms with E-state index in [1.54, 1.807) is 7.11 Å². The second kappa shape index (κ2) is 6.30. The number of benzene rings is 1. The maximum absolute atomic E-state index is 6.05. The van der Waals surface area contributed by atoms with Crippen LogP contribution >= 0.6 is 0 Å². The molecule has 0 saturated carbocycles. The van der Waals surface area contributed by atoms with Crippen LogP contribution < -0.4 is 15.4 Å². The number of nitrogens with zero attached hydrogens (tertiary/aromatic N) is 1. The molecule has 0 aliphatic carbocycles. The molecule has 0 saturated heterocycles. The zero-order valence-corrected chi connectivity index (χ0v) is 10.9. The van der Waals surface area contributed by atoms with Gasteiger partial charge >= 0.3 is 0 Å². The maximum atomic E-state index is 6.05. The van der Waals surface area contributed by atoms with Gasteiger partial charge in [-0.25, -0.2) is 0 Å². The van der Waals surface area contributed by atoms with Gasteiger partial charge in [0.1, 0.15) is 5.75 Å². The molecule has 0 unspecified atom stereocenters. The first-order valence-corrected chi connectivity index (χ1v) is 5.94. The summed E-state index contributed by atoms with van der Waals surface area (Å²) in [6.45, 7) is 9.61. The van der Waals surface area contributed by atoms with Gasteiger partial charge in [0.2, 0.25) is 0 Å². The Morgan fingerprint density at radius 1 is 1.53 bits per heavy atom. The molecule has 1 aromatic rings. The number of likely N-dealkylation sites (N-methyl/N-ethyl adjacent to an activating group) is 1. The minimum absolute atomic E-state index is 0.0555. The number of rotatable bonds is 6. The largest absolute Gasteiger partial charge is 0.496 e. The van der Waals surface area contributed by atoms with Gasteiger partial charge in [-0.15, -0.1) is 6.58 Å². The van der Waals surface area contributed by atoms with Gasteiger partial charge in [0, 0.05) is 30.4 Å². The van der Waals surface area contributed by atoms with Gasteiger partial charge in [-0.05, 0) is 26.0 Å². The van der Waals surface area contributed by atoms with E-state index in [2.05, 4.69) is 24.5 Å². The van der Waals surface area contributed by atoms with Gasteiger partial charge in [0.05, 0.1) is 7.11 Å². The van der Waals surface area contributed by atoms with Crippen molar-refractivity contribution in [3.8, 4) is 5.75 Å². The van der Waals surface area contributed by atoms with E-state index in [0.717, 1.165) is 30.1 Å². The summed E-state index contributed by atoms with van der Waals surface area (Å²) in [7, 11) is 1.68. The molecule has 0 fully saturated rings. The quantitative estimate of drug-likeness (QED) is 0.769. The highest BCUT2D eigenvalue weighted by Crippen LogP contribution is 2.33. The molecule has 0 amide bonds. The minimum Gasteiger partial charge on any atom is -0.496 e. The first-order chi connectivity index (χ1) is 8.15. The van der Waals surface area contributed by atoms with E-state index >= 15 is 0 Å². The van der Waals surface area contributed by atoms with Crippen molar-refractivity contribution in [1.82, 2.24) is 0 Å². The van der Waals surface area contributed by atoms with Crippen LogP contribution in [-0.2, 0) is 0 Å². The Bertz CT molecular complexity index is 374. The van der Waals surface area contributed by atoms with Crippen LogP contribution in [0.25, 0.3) is 0 Å². The van der Waals surface area contributed by atoms with Crippen LogP contribution in [-0.4, -0.2) is 20.2 Å². The summed E-state index contributed by atoms with van der Waals surface area (Å²) < 4.78 is 5.39. The second-order valence-electron chi connectivity index (χ2n) is 4.01. The van der Waals surface area contributed by atoms with Crippen LogP contribution in [0.4, 0.5) is 5.69 Å². The number of nitrogens with two attached hydrogens (primary N) is 1. The third-order valence-corrected chi connectivity index (χ3v) is 2.79. The van der Waals surface area contributed by atoms with Crippen LogP contribution in [0.15, 0.2) is 30.9 Å². The highest BCUT2D eigenvalue weighted by Gasteiger charge is 2.16. The van der Waals surface area contributed by atoms with Gasteiger partial charge in [0.25, 0.3) is 0 Å². The first kappa shape index (κ1) is 13.6. The van der Waals surface area contributed by atoms with Gasteiger partial charge in [-0.3, -0.25) is 0 Å². The van der Waals surface area contributed by atoms with Crippen LogP contribution in [0.2, 0.25) is 0 Å². The summed E-state index contributed by atoms with van der Waals surface area (Å²) in [5, 5.41) is 0. The Labute approximate surface area is 104 Å². The number of anilines is 1. The van der Waals surface area contributed by atoms with E-state index in [1.807, 2.05) is 25.1 Å². The molecule has 0 radical (unpaired) electrons. The van der Waals surface area contributed by atoms with Crippen molar-refractivity contribution < 1.29 is 4.74 Å². The Kier molecular flexibility index (Phi) is 5.04. The van der Waals surface area contributed by atoms with Crippen molar-refractivity contribution in [2.24, 2.45) is 5.73 Å². The first-order valence-electron chi connectivity index (χ1n) is 5.94. The summed E-state index contributed by atoms with van der Waals surface area (Å²) in [6, 6.07) is 5.96. The van der Waals surface area contributed by atoms with Crippen molar-refractivity contribution in [3.05, 3.63) is 36.4 Å². The number of hydrogen-bond acceptors (Lipinski definition) is 3. The van der Waals surface area contributed by atoms with Crippen molar-refractivity contribution in [3.63, 3.8) is 0 Å². The fourth-order valence-electron chi connectivity index (χ4n) is 2.00. The van der Waals surface area contributed by atoms with Crippen LogP contribution in [0.5, 0.6) is 5.75 Å². The zero-order valence-electron chi connectivity index (χ0n) is 10.9. The molecule has 0 aliphatic rings. The molecule has 17 heavy (non-hydrogen) atoms. The van der Waals surface area contributed by atoms with Gasteiger partial charge in [-0.2, -0.15) is 0 Å². The lowest BCUT2D eigenvalue weighted by molar-refractivity contribution is 0.407. The number of hydrogen-bond donors (Lipinski definition) is 1. The Morgan fingerprint density at radius 2 is 2.24 bits per heavy atom. The van der Waals surface area contributed by atoms with Gasteiger partial charge < -0.3 is 15.4 Å². The lowest BCUT2D eigenvalue weighted by atomic mass is 10.0. The molecule has 1 atom stereocenters. The van der Waals surface area contributed by atoms with E-state index in [1.165, 1.54) is 0 Å². The highest BCUT2D eigenvalue weighted by atomic mass is 16.5. The molecule has 3 heteroatoms. The fraction of sp³-hybridized carbons (Fsp3) is 0.429. The highest BCUT2D eigenvalue weighted by molar-refractivity contribution is 5.61. The van der Waals surface area contributed by atoms with Crippen molar-refractivity contribution in [2.75, 3.05) is 25.1 Å². The predicted octanol–water partition coefficient (Wildman–Crippen LogP) is 2.73. The summed E-state index contributed by atoms with van der Waals surface area (Å²) in [6.07, 6.45) is 1.90. The summed E-state index contributed by atoms with van der Waals surface area (Å²) in [5.41, 5.74) is 8.23. The van der Waals surface area contributed by atoms with Crippen molar-refractivity contribution in [1.29, 1.82) is 0 Å². The molecule has 0 heterocycles. The van der Waals surface area contributed by atoms with Gasteiger partial charge in [-0.1, -0.05) is 12.1 Å². The van der Waals surface area contributed by atoms with Crippen LogP contribution in [0.1, 0.15) is 25.5 Å². The molecule has 0 spiro atoms. The maximum Gasteiger partial charge on any atom is 0.125 e. The standard InChI is InChI=1S/C14H22N2O/c1-5-10-16(6-2)12-8-7-9-13(17-4)14(12)11(3)15/h5,7-9,11H,1,6,10,15H2,2-4H3/t11-/m0/s1. The lowest BCUT2D eigenvalue weighted by Crippen LogP contribution is -2.25. The molecular weight excluding hydrogens is 212 g/mol. The SMILES string of the molecule is C=CCN(CC)c1cccc(OC)c1[C@H](C)N. The van der Waals surface area contributed by atoms with Crippen LogP contribution in [0, 0.1) is 0 Å². The van der Waals surface area contributed by atoms with E-state index in [4.69, 9.17) is 10.5 Å². The number of methoxy groups -OCH3 is 1. The molecule has 94 valence electrons. The minimum atomic E-state index is -0.0555. The Morgan fingerprint density at radius 3 is 2.71 bits per heavy atom. The molecule has 0 bridgehead atoms. The molecule has 1 rings (SSSR count). The lowest BCUT2D eigenvalue weighted by Gasteiger charge is -2.27. The average Bonchev–Trinajstić information content (AvgIpc) is 2.34. The van der Waals surface area contributed by atoms with E-state index in [-0.39, 0.29) is 6.04 Å². The smallest absolute Gasteiger partial charge is 0.125 e. The molecule has 0 aliphatic heterocycles. The normalized spacial score (nSPS) is 12.0. The van der Waals surface area contributed by atoms with E-state index < -0.39 is 0 Å². The average molecular weight is 234 g/mol. The second-order valence-corrected chi connectivity index (χ2v) is 4.01. The zero-order chi connectivity index (χ0) is 12.8. The molecule has 2 N–H and O–H groups in total. The molecular formula is C14H22N2O. The van der Waals surface area contributed by atoms with Gasteiger partial charge in [0.15, 0.2) is 0 Å². The molecule has 1 aromatic carbocycles. The topological polar surface area (TPSA) is 38.5 Å². The fourth-order valence-corrected chi connectivity index (χ4v) is 2.00. The summed E-state index contributed by atoms with van der Waals surface area (Å²) in [4.78, 5) is 2.23. The number of ether oxygens (including phenoxy) is 1. The summed E-state index contributed by atoms with van der Waals surface area (Å²) in [5.74, 6) is 0.847. The monoisotopic (exact) mass is 234 g/mol. The third kappa shape index (κ3) is 3.01. The third-order valence-electron chi connectivity index (χ3n) is 2.79. The molecule has 0 aromatic heterocycles. The van der Waals surface area contributed by atoms with E-state index in [9.17, 15) is 0 Å². The Balaban J connectivity index is 3.25. The Hall–Kier alpha value is -1.48. The predicted molar refractivity (Wildman–Crippen MR) is 73.7 cm³/mol.